The van der Waals surface area contributed by atoms with Crippen LogP contribution in [-0.2, 0) is 0 Å². The predicted molar refractivity (Wildman–Crippen MR) is 97.5 cm³/mol. The quantitative estimate of drug-likeness (QED) is 0.599. The van der Waals surface area contributed by atoms with Gasteiger partial charge in [0.05, 0.1) is 35.2 Å². The average molecular weight is 391 g/mol. The maximum absolute atomic E-state index is 9.55. The summed E-state index contributed by atoms with van der Waals surface area (Å²) >= 11 is 3.47. The highest BCUT2D eigenvalue weighted by molar-refractivity contribution is 9.10. The van der Waals surface area contributed by atoms with E-state index in [1.54, 1.807) is 23.1 Å². The summed E-state index contributed by atoms with van der Waals surface area (Å²) < 4.78 is 2.51. The molecule has 0 saturated heterocycles. The second-order valence-corrected chi connectivity index (χ2v) is 6.65. The second kappa shape index (κ2) is 7.14. The largest absolute Gasteiger partial charge is 0.394 e. The van der Waals surface area contributed by atoms with Crippen LogP contribution in [0.4, 0.5) is 17.3 Å². The van der Waals surface area contributed by atoms with Gasteiger partial charge < -0.3 is 15.7 Å². The Morgan fingerprint density at radius 2 is 2.17 bits per heavy atom. The summed E-state index contributed by atoms with van der Waals surface area (Å²) in [6, 6.07) is 5.58. The highest BCUT2D eigenvalue weighted by Crippen LogP contribution is 2.25. The van der Waals surface area contributed by atoms with Crippen LogP contribution < -0.4 is 10.6 Å². The lowest BCUT2D eigenvalue weighted by atomic mass is 10.1. The number of pyridine rings is 1. The van der Waals surface area contributed by atoms with E-state index in [0.29, 0.717) is 11.5 Å². The van der Waals surface area contributed by atoms with E-state index < -0.39 is 0 Å². The monoisotopic (exact) mass is 390 g/mol. The predicted octanol–water partition coefficient (Wildman–Crippen LogP) is 3.06. The standard InChI is InChI=1S/C16H19BrN6O/c1-10(2)13(9-24)21-14-6-15(20-11-4-3-5-18-7-11)23-16(22-14)12(17)8-19-23/h3-8,10,13,20,24H,9H2,1-2H3,(H,21,22)/t13-/m0/s1. The Morgan fingerprint density at radius 3 is 2.83 bits per heavy atom. The third kappa shape index (κ3) is 3.49. The van der Waals surface area contributed by atoms with Crippen LogP contribution in [0.25, 0.3) is 5.65 Å². The number of nitrogens with one attached hydrogen (secondary N) is 2. The SMILES string of the molecule is CC(C)[C@H](CO)Nc1cc(Nc2cccnc2)n2ncc(Br)c2n1. The molecular formula is C16H19BrN6O. The topological polar surface area (TPSA) is 87.4 Å². The van der Waals surface area contributed by atoms with Crippen LogP contribution in [-0.4, -0.2) is 37.3 Å². The van der Waals surface area contributed by atoms with E-state index in [0.717, 1.165) is 16.0 Å². The highest BCUT2D eigenvalue weighted by Gasteiger charge is 2.15. The molecule has 24 heavy (non-hydrogen) atoms. The molecule has 1 atom stereocenters. The van der Waals surface area contributed by atoms with Gasteiger partial charge in [0.25, 0.3) is 0 Å². The molecule has 0 spiro atoms. The molecular weight excluding hydrogens is 372 g/mol. The number of rotatable bonds is 6. The molecule has 0 amide bonds. The van der Waals surface area contributed by atoms with Crippen LogP contribution in [0.3, 0.4) is 0 Å². The molecule has 8 heteroatoms. The van der Waals surface area contributed by atoms with Crippen molar-refractivity contribution in [3.8, 4) is 0 Å². The smallest absolute Gasteiger partial charge is 0.173 e. The van der Waals surface area contributed by atoms with Crippen molar-refractivity contribution in [2.24, 2.45) is 5.92 Å². The first-order chi connectivity index (χ1) is 11.6. The van der Waals surface area contributed by atoms with Gasteiger partial charge in [0.2, 0.25) is 0 Å². The number of fused-ring (bicyclic) bond motifs is 1. The molecule has 0 unspecified atom stereocenters. The summed E-state index contributed by atoms with van der Waals surface area (Å²) in [5, 5.41) is 20.5. The Morgan fingerprint density at radius 1 is 1.33 bits per heavy atom. The van der Waals surface area contributed by atoms with Crippen molar-refractivity contribution >= 4 is 38.9 Å². The molecule has 0 aliphatic carbocycles. The van der Waals surface area contributed by atoms with Gasteiger partial charge in [-0.25, -0.2) is 4.98 Å². The molecule has 126 valence electrons. The first-order valence-electron chi connectivity index (χ1n) is 7.67. The molecule has 0 fully saturated rings. The fraction of sp³-hybridized carbons (Fsp3) is 0.312. The Bertz CT molecular complexity index is 820. The van der Waals surface area contributed by atoms with Gasteiger partial charge in [-0.1, -0.05) is 13.8 Å². The number of aromatic nitrogens is 4. The fourth-order valence-corrected chi connectivity index (χ4v) is 2.64. The minimum atomic E-state index is -0.0760. The molecule has 3 rings (SSSR count). The van der Waals surface area contributed by atoms with Crippen LogP contribution in [0.15, 0.2) is 41.3 Å². The Hall–Kier alpha value is -2.19. The van der Waals surface area contributed by atoms with E-state index in [2.05, 4.69) is 55.5 Å². The van der Waals surface area contributed by atoms with Crippen molar-refractivity contribution < 1.29 is 5.11 Å². The third-order valence-corrected chi connectivity index (χ3v) is 4.26. The van der Waals surface area contributed by atoms with Crippen molar-refractivity contribution in [1.82, 2.24) is 19.6 Å². The van der Waals surface area contributed by atoms with Crippen molar-refractivity contribution in [1.29, 1.82) is 0 Å². The maximum Gasteiger partial charge on any atom is 0.173 e. The Labute approximate surface area is 148 Å². The van der Waals surface area contributed by atoms with Gasteiger partial charge in [-0.3, -0.25) is 4.98 Å². The van der Waals surface area contributed by atoms with Crippen LogP contribution in [0, 0.1) is 5.92 Å². The number of hydrogen-bond acceptors (Lipinski definition) is 6. The minimum Gasteiger partial charge on any atom is -0.394 e. The fourth-order valence-electron chi connectivity index (χ4n) is 2.30. The molecule has 0 aliphatic heterocycles. The molecule has 3 aromatic rings. The van der Waals surface area contributed by atoms with E-state index in [4.69, 9.17) is 0 Å². The van der Waals surface area contributed by atoms with E-state index in [1.165, 1.54) is 0 Å². The van der Waals surface area contributed by atoms with Gasteiger partial charge >= 0.3 is 0 Å². The van der Waals surface area contributed by atoms with Gasteiger partial charge in [-0.05, 0) is 34.0 Å². The van der Waals surface area contributed by atoms with Crippen LogP contribution in [0.1, 0.15) is 13.8 Å². The lowest BCUT2D eigenvalue weighted by Gasteiger charge is -2.21. The minimum absolute atomic E-state index is 0.0380. The lowest BCUT2D eigenvalue weighted by molar-refractivity contribution is 0.249. The van der Waals surface area contributed by atoms with Crippen molar-refractivity contribution in [3.63, 3.8) is 0 Å². The molecule has 7 nitrogen and oxygen atoms in total. The van der Waals surface area contributed by atoms with E-state index in [-0.39, 0.29) is 18.6 Å². The zero-order chi connectivity index (χ0) is 17.1. The first kappa shape index (κ1) is 16.7. The van der Waals surface area contributed by atoms with Crippen molar-refractivity contribution in [2.75, 3.05) is 17.2 Å². The number of aliphatic hydroxyl groups is 1. The van der Waals surface area contributed by atoms with Gasteiger partial charge in [-0.15, -0.1) is 0 Å². The summed E-state index contributed by atoms with van der Waals surface area (Å²) in [5.74, 6) is 1.69. The summed E-state index contributed by atoms with van der Waals surface area (Å²) in [6.07, 6.45) is 5.16. The third-order valence-electron chi connectivity index (χ3n) is 3.70. The van der Waals surface area contributed by atoms with Gasteiger partial charge in [0.1, 0.15) is 11.6 Å². The summed E-state index contributed by atoms with van der Waals surface area (Å²) in [5.41, 5.74) is 1.54. The van der Waals surface area contributed by atoms with E-state index >= 15 is 0 Å². The molecule has 0 bridgehead atoms. The van der Waals surface area contributed by atoms with Gasteiger partial charge in [0.15, 0.2) is 5.65 Å². The Kier molecular flexibility index (Phi) is 4.96. The molecule has 0 saturated carbocycles. The summed E-state index contributed by atoms with van der Waals surface area (Å²) in [7, 11) is 0. The first-order valence-corrected chi connectivity index (χ1v) is 8.46. The van der Waals surface area contributed by atoms with Crippen LogP contribution in [0.2, 0.25) is 0 Å². The zero-order valence-corrected chi connectivity index (χ0v) is 15.0. The summed E-state index contributed by atoms with van der Waals surface area (Å²) in [6.45, 7) is 4.14. The molecule has 3 heterocycles. The normalized spacial score (nSPS) is 12.5. The van der Waals surface area contributed by atoms with E-state index in [1.807, 2.05) is 18.2 Å². The van der Waals surface area contributed by atoms with Gasteiger partial charge in [0, 0.05) is 12.3 Å². The van der Waals surface area contributed by atoms with Crippen LogP contribution >= 0.6 is 15.9 Å². The number of aliphatic hydroxyl groups excluding tert-OH is 1. The van der Waals surface area contributed by atoms with E-state index in [9.17, 15) is 5.11 Å². The lowest BCUT2D eigenvalue weighted by Crippen LogP contribution is -2.30. The molecule has 0 radical (unpaired) electrons. The maximum atomic E-state index is 9.55. The molecule has 3 N–H and O–H groups in total. The number of hydrogen-bond donors (Lipinski definition) is 3. The molecule has 3 aromatic heterocycles. The summed E-state index contributed by atoms with van der Waals surface area (Å²) in [4.78, 5) is 8.69. The van der Waals surface area contributed by atoms with Crippen LogP contribution in [0.5, 0.6) is 0 Å². The zero-order valence-electron chi connectivity index (χ0n) is 13.4. The number of anilines is 3. The van der Waals surface area contributed by atoms with Crippen molar-refractivity contribution in [2.45, 2.75) is 19.9 Å². The number of halogens is 1. The Balaban J connectivity index is 2.00. The second-order valence-electron chi connectivity index (χ2n) is 5.80. The van der Waals surface area contributed by atoms with Gasteiger partial charge in [-0.2, -0.15) is 9.61 Å². The molecule has 0 aromatic carbocycles. The highest BCUT2D eigenvalue weighted by atomic mass is 79.9. The number of nitrogens with zero attached hydrogens (tertiary/aromatic N) is 4. The molecule has 0 aliphatic rings. The average Bonchev–Trinajstić information content (AvgIpc) is 2.95. The van der Waals surface area contributed by atoms with Crippen molar-refractivity contribution in [3.05, 3.63) is 41.3 Å².